The summed E-state index contributed by atoms with van der Waals surface area (Å²) in [6, 6.07) is 12.6. The molecule has 190 valence electrons. The van der Waals surface area contributed by atoms with Crippen molar-refractivity contribution in [2.45, 2.75) is 83.9 Å². The van der Waals surface area contributed by atoms with Crippen LogP contribution in [0.4, 0.5) is 13.2 Å². The van der Waals surface area contributed by atoms with Crippen LogP contribution in [0.5, 0.6) is 0 Å². The van der Waals surface area contributed by atoms with Crippen molar-refractivity contribution in [3.63, 3.8) is 0 Å². The van der Waals surface area contributed by atoms with E-state index in [4.69, 9.17) is 4.98 Å². The first kappa shape index (κ1) is 28.1. The standard InChI is InChI=1S/C15H9F3N2OS.3C4H9.Sn/c16-15(17,18)9-6-7-11-12(8-9)19-14(22)20(13(11)21)10-4-2-1-3-5-10;3*1-3-4-2;/h1-8H,(H,19,22);3*1,3-4H2,2H3;/q;;;;+1/p-1. The molecule has 35 heavy (non-hydrogen) atoms. The van der Waals surface area contributed by atoms with Gasteiger partial charge in [0.2, 0.25) is 0 Å². The average molecular weight is 611 g/mol. The number of aromatic nitrogens is 2. The van der Waals surface area contributed by atoms with Crippen molar-refractivity contribution in [1.82, 2.24) is 9.55 Å². The second kappa shape index (κ2) is 12.7. The third kappa shape index (κ3) is 7.06. The summed E-state index contributed by atoms with van der Waals surface area (Å²) in [5.41, 5.74) is -0.251. The van der Waals surface area contributed by atoms with Crippen LogP contribution in [0, 0.1) is 0 Å². The summed E-state index contributed by atoms with van der Waals surface area (Å²) in [5.74, 6) is 0. The van der Waals surface area contributed by atoms with Crippen molar-refractivity contribution in [3.8, 4) is 5.69 Å². The molecule has 8 heteroatoms. The number of fused-ring (bicyclic) bond motifs is 1. The molecule has 3 rings (SSSR count). The molecule has 0 amide bonds. The minimum absolute atomic E-state index is 0.126. The zero-order valence-electron chi connectivity index (χ0n) is 20.8. The normalized spacial score (nSPS) is 12.4. The Morgan fingerprint density at radius 2 is 1.46 bits per heavy atom. The molecule has 0 fully saturated rings. The van der Waals surface area contributed by atoms with Gasteiger partial charge in [-0.2, -0.15) is 0 Å². The molecule has 2 aromatic carbocycles. The van der Waals surface area contributed by atoms with Crippen LogP contribution in [0.2, 0.25) is 13.3 Å². The number of benzene rings is 2. The van der Waals surface area contributed by atoms with Gasteiger partial charge in [0.15, 0.2) is 0 Å². The van der Waals surface area contributed by atoms with E-state index in [2.05, 4.69) is 20.8 Å². The van der Waals surface area contributed by atoms with Crippen LogP contribution in [-0.2, 0) is 6.18 Å². The van der Waals surface area contributed by atoms with E-state index in [1.165, 1.54) is 19.4 Å². The molecule has 0 atom stereocenters. The first-order valence-electron chi connectivity index (χ1n) is 12.6. The predicted molar refractivity (Wildman–Crippen MR) is 143 cm³/mol. The van der Waals surface area contributed by atoms with Gasteiger partial charge in [-0.05, 0) is 0 Å². The van der Waals surface area contributed by atoms with E-state index in [1.54, 1.807) is 13.5 Å². The first-order chi connectivity index (χ1) is 16.7. The van der Waals surface area contributed by atoms with Gasteiger partial charge >= 0.3 is 214 Å². The molecule has 0 unspecified atom stereocenters. The SMILES string of the molecule is CCC[CH2][Sn]([CH2]CCC)([CH2]CCC)[S]c1nc2cc(C(F)(F)F)ccc2c(=O)n1-c1ccccc1. The van der Waals surface area contributed by atoms with E-state index in [1.807, 2.05) is 30.3 Å². The Hall–Kier alpha value is -1.48. The molecule has 0 radical (unpaired) electrons. The van der Waals surface area contributed by atoms with Crippen LogP contribution in [0.1, 0.15) is 64.9 Å². The summed E-state index contributed by atoms with van der Waals surface area (Å²) in [6.45, 7) is 6.61. The van der Waals surface area contributed by atoms with Crippen molar-refractivity contribution in [2.24, 2.45) is 0 Å². The van der Waals surface area contributed by atoms with Crippen LogP contribution < -0.4 is 5.56 Å². The van der Waals surface area contributed by atoms with Crippen molar-refractivity contribution < 1.29 is 13.2 Å². The number of halogens is 3. The van der Waals surface area contributed by atoms with Gasteiger partial charge in [-0.1, -0.05) is 0 Å². The summed E-state index contributed by atoms with van der Waals surface area (Å²) < 4.78 is 45.6. The summed E-state index contributed by atoms with van der Waals surface area (Å²) >= 11 is -2.89. The number of unbranched alkanes of at least 4 members (excludes halogenated alkanes) is 3. The molecule has 0 saturated heterocycles. The van der Waals surface area contributed by atoms with E-state index in [-0.39, 0.29) is 16.5 Å². The van der Waals surface area contributed by atoms with E-state index >= 15 is 0 Å². The molecule has 0 aliphatic heterocycles. The molecule has 1 heterocycles. The van der Waals surface area contributed by atoms with Gasteiger partial charge in [-0.3, -0.25) is 0 Å². The Morgan fingerprint density at radius 3 is 1.97 bits per heavy atom. The molecule has 0 aliphatic carbocycles. The fourth-order valence-corrected chi connectivity index (χ4v) is 26.3. The number of para-hydroxylation sites is 1. The maximum absolute atomic E-state index is 13.7. The Bertz CT molecular complexity index is 1140. The summed E-state index contributed by atoms with van der Waals surface area (Å²) in [4.78, 5) is 18.5. The summed E-state index contributed by atoms with van der Waals surface area (Å²) in [7, 11) is 1.80. The fraction of sp³-hybridized carbons (Fsp3) is 0.481. The van der Waals surface area contributed by atoms with Crippen LogP contribution >= 0.6 is 8.95 Å². The second-order valence-corrected chi connectivity index (χ2v) is 28.4. The molecule has 0 N–H and O–H groups in total. The molecule has 0 bridgehead atoms. The Balaban J connectivity index is 2.24. The summed E-state index contributed by atoms with van der Waals surface area (Å²) in [6.07, 6.45) is 2.31. The topological polar surface area (TPSA) is 34.9 Å². The van der Waals surface area contributed by atoms with Gasteiger partial charge in [0.25, 0.3) is 0 Å². The molecule has 0 aliphatic rings. The number of hydrogen-bond donors (Lipinski definition) is 0. The molecule has 0 spiro atoms. The van der Waals surface area contributed by atoms with Crippen molar-refractivity contribution >= 4 is 36.8 Å². The fourth-order valence-electron chi connectivity index (χ4n) is 4.43. The van der Waals surface area contributed by atoms with Crippen molar-refractivity contribution in [1.29, 1.82) is 0 Å². The number of alkyl halides is 3. The third-order valence-electron chi connectivity index (χ3n) is 6.45. The van der Waals surface area contributed by atoms with Crippen LogP contribution in [0.15, 0.2) is 58.5 Å². The zero-order valence-corrected chi connectivity index (χ0v) is 24.5. The Kier molecular flexibility index (Phi) is 10.2. The predicted octanol–water partition coefficient (Wildman–Crippen LogP) is 8.84. The van der Waals surface area contributed by atoms with E-state index in [9.17, 15) is 18.0 Å². The minimum atomic E-state index is -4.48. The van der Waals surface area contributed by atoms with Gasteiger partial charge in [0.05, 0.1) is 0 Å². The van der Waals surface area contributed by atoms with Gasteiger partial charge < -0.3 is 0 Å². The number of hydrogen-bond acceptors (Lipinski definition) is 3. The molecule has 3 aromatic rings. The molecule has 3 nitrogen and oxygen atoms in total. The van der Waals surface area contributed by atoms with Crippen molar-refractivity contribution in [3.05, 3.63) is 64.4 Å². The van der Waals surface area contributed by atoms with E-state index < -0.39 is 28.7 Å². The van der Waals surface area contributed by atoms with E-state index in [0.29, 0.717) is 10.8 Å². The Morgan fingerprint density at radius 1 is 0.886 bits per heavy atom. The molecule has 1 aromatic heterocycles. The van der Waals surface area contributed by atoms with Crippen LogP contribution in [0.3, 0.4) is 0 Å². The van der Waals surface area contributed by atoms with Crippen LogP contribution in [0.25, 0.3) is 16.6 Å². The number of nitrogens with zero attached hydrogens (tertiary/aromatic N) is 2. The van der Waals surface area contributed by atoms with Gasteiger partial charge in [-0.15, -0.1) is 0 Å². The van der Waals surface area contributed by atoms with Gasteiger partial charge in [-0.25, -0.2) is 0 Å². The quantitative estimate of drug-likeness (QED) is 0.152. The monoisotopic (exact) mass is 612 g/mol. The first-order valence-corrected chi connectivity index (χ1v) is 23.0. The number of rotatable bonds is 12. The zero-order chi connectivity index (χ0) is 25.5. The average Bonchev–Trinajstić information content (AvgIpc) is 2.84. The Labute approximate surface area is 212 Å². The van der Waals surface area contributed by atoms with Crippen LogP contribution in [-0.4, -0.2) is 26.5 Å². The third-order valence-corrected chi connectivity index (χ3v) is 27.5. The van der Waals surface area contributed by atoms with Crippen molar-refractivity contribution in [2.75, 3.05) is 0 Å². The molecule has 0 saturated carbocycles. The summed E-state index contributed by atoms with van der Waals surface area (Å²) in [5, 5.41) is 0.773. The van der Waals surface area contributed by atoms with Gasteiger partial charge in [0, 0.05) is 0 Å². The second-order valence-electron chi connectivity index (χ2n) is 9.20. The van der Waals surface area contributed by atoms with Gasteiger partial charge in [0.1, 0.15) is 0 Å². The van der Waals surface area contributed by atoms with E-state index in [0.717, 1.165) is 50.7 Å². The molecular formula is C27H35F3N2OSSn. The molecular weight excluding hydrogens is 576 g/mol. The maximum atomic E-state index is 13.7.